The van der Waals surface area contributed by atoms with Crippen LogP contribution in [0.4, 0.5) is 0 Å². The predicted molar refractivity (Wildman–Crippen MR) is 259 cm³/mol. The second-order valence-electron chi connectivity index (χ2n) is 25.4. The van der Waals surface area contributed by atoms with Crippen LogP contribution in [-0.2, 0) is 29.2 Å². The van der Waals surface area contributed by atoms with Crippen LogP contribution in [0.1, 0.15) is 210 Å². The molecule has 0 bridgehead atoms. The minimum atomic E-state index is -4.38. The predicted octanol–water partition coefficient (Wildman–Crippen LogP) is 14.4. The van der Waals surface area contributed by atoms with Crippen molar-refractivity contribution in [1.82, 2.24) is 0 Å². The number of rotatable bonds is 14. The van der Waals surface area contributed by atoms with Crippen LogP contribution < -0.4 is 0 Å². The van der Waals surface area contributed by atoms with Gasteiger partial charge in [-0.3, -0.25) is 9.11 Å². The average Bonchev–Trinajstić information content (AvgIpc) is 3.74. The van der Waals surface area contributed by atoms with Gasteiger partial charge < -0.3 is 0 Å². The molecule has 0 radical (unpaired) electrons. The van der Waals surface area contributed by atoms with Gasteiger partial charge in [0.2, 0.25) is 0 Å². The van der Waals surface area contributed by atoms with Crippen LogP contribution in [0.15, 0.2) is 23.3 Å². The first-order valence-corrected chi connectivity index (χ1v) is 29.3. The van der Waals surface area contributed by atoms with Crippen molar-refractivity contribution in [1.29, 1.82) is 0 Å². The molecule has 64 heavy (non-hydrogen) atoms. The van der Waals surface area contributed by atoms with Gasteiger partial charge in [0.25, 0.3) is 0 Å². The molecule has 8 aliphatic carbocycles. The number of fused-ring (bicyclic) bond motifs is 10. The maximum Gasteiger partial charge on any atom is 0.397 e. The highest BCUT2D eigenvalue weighted by atomic mass is 32.3. The van der Waals surface area contributed by atoms with E-state index in [1.54, 1.807) is 0 Å². The third-order valence-corrected chi connectivity index (χ3v) is 22.1. The molecule has 8 aliphatic rings. The Kier molecular flexibility index (Phi) is 15.6. The highest BCUT2D eigenvalue weighted by molar-refractivity contribution is 7.81. The summed E-state index contributed by atoms with van der Waals surface area (Å²) >= 11 is 0. The molecule has 2 N–H and O–H groups in total. The summed E-state index contributed by atoms with van der Waals surface area (Å²) in [6.07, 6.45) is 30.2. The third-order valence-electron chi connectivity index (χ3n) is 21.0. The fourth-order valence-electron chi connectivity index (χ4n) is 17.8. The SMILES string of the molecule is CC(C)CCCC(C)[C@H]1CC[C@H]2[C@@H]3CC=C4C[C@@H](OS(=O)(=O)O)CC[C@]4(C)[C@H]3CC[C@]12C.CC(C)CCCC(C)[C@H]1CC[C@H]2[C@@H]3CC=C4C[C@@H](OS(=O)(=O)O)CC[C@]4(C)[C@H]3CC[C@]12C. The third kappa shape index (κ3) is 10.5. The zero-order chi connectivity index (χ0) is 46.6. The smallest absolute Gasteiger partial charge is 0.264 e. The second-order valence-corrected chi connectivity index (χ2v) is 27.5. The quantitative estimate of drug-likeness (QED) is 0.130. The lowest BCUT2D eigenvalue weighted by Crippen LogP contribution is -2.51. The summed E-state index contributed by atoms with van der Waals surface area (Å²) in [5.74, 6) is 9.67. The second kappa shape index (κ2) is 19.5. The molecular weight excluding hydrogens is 841 g/mol. The molecule has 0 aromatic rings. The largest absolute Gasteiger partial charge is 0.397 e. The summed E-state index contributed by atoms with van der Waals surface area (Å²) in [5, 5.41) is 0. The number of hydrogen-bond acceptors (Lipinski definition) is 6. The van der Waals surface area contributed by atoms with E-state index in [9.17, 15) is 16.8 Å². The Labute approximate surface area is 392 Å². The molecule has 368 valence electrons. The molecule has 0 heterocycles. The van der Waals surface area contributed by atoms with Crippen molar-refractivity contribution in [2.75, 3.05) is 0 Å². The van der Waals surface area contributed by atoms with Crippen LogP contribution >= 0.6 is 0 Å². The summed E-state index contributed by atoms with van der Waals surface area (Å²) in [7, 11) is -8.76. The van der Waals surface area contributed by atoms with Crippen LogP contribution in [0.3, 0.4) is 0 Å². The van der Waals surface area contributed by atoms with E-state index in [1.807, 2.05) is 0 Å². The van der Waals surface area contributed by atoms with E-state index in [1.165, 1.54) is 101 Å². The maximum atomic E-state index is 11.2. The Hall–Kier alpha value is -0.780. The normalized spacial score (nSPS) is 42.7. The molecule has 0 saturated heterocycles. The molecular formula is C54H92O8S2. The van der Waals surface area contributed by atoms with Crippen molar-refractivity contribution in [2.24, 2.45) is 92.7 Å². The van der Waals surface area contributed by atoms with Crippen molar-refractivity contribution < 1.29 is 34.3 Å². The highest BCUT2D eigenvalue weighted by Crippen LogP contribution is 2.69. The number of allylic oxidation sites excluding steroid dienone is 2. The zero-order valence-corrected chi connectivity index (χ0v) is 43.6. The van der Waals surface area contributed by atoms with Crippen LogP contribution in [0, 0.1) is 92.7 Å². The van der Waals surface area contributed by atoms with E-state index >= 15 is 0 Å². The van der Waals surface area contributed by atoms with Gasteiger partial charge in [0.05, 0.1) is 12.2 Å². The fraction of sp³-hybridized carbons (Fsp3) is 0.926. The Balaban J connectivity index is 0.000000191. The van der Waals surface area contributed by atoms with Crippen LogP contribution in [0.25, 0.3) is 0 Å². The molecule has 10 heteroatoms. The van der Waals surface area contributed by atoms with Crippen LogP contribution in [0.2, 0.25) is 0 Å². The fourth-order valence-corrected chi connectivity index (χ4v) is 18.8. The van der Waals surface area contributed by atoms with Crippen molar-refractivity contribution in [3.8, 4) is 0 Å². The van der Waals surface area contributed by atoms with Crippen molar-refractivity contribution in [3.05, 3.63) is 23.3 Å². The van der Waals surface area contributed by atoms with Crippen molar-refractivity contribution in [3.63, 3.8) is 0 Å². The molecule has 6 saturated carbocycles. The lowest BCUT2D eigenvalue weighted by Gasteiger charge is -2.58. The van der Waals surface area contributed by atoms with Gasteiger partial charge in [-0.15, -0.1) is 0 Å². The van der Waals surface area contributed by atoms with E-state index in [0.717, 1.165) is 84.9 Å². The molecule has 16 atom stereocenters. The van der Waals surface area contributed by atoms with Gasteiger partial charge in [0, 0.05) is 0 Å². The van der Waals surface area contributed by atoms with Gasteiger partial charge in [-0.1, -0.05) is 131 Å². The standard InChI is InChI=1S/2C27H46O4S/c2*1-18(2)7-6-8-19(3)23-11-12-24-22-10-9-20-17-21(31-32(28,29)30)13-15-26(20,4)25(22)14-16-27(23,24)5/h2*9,18-19,21-25H,6-8,10-17H2,1-5H3,(H,28,29,30)/t2*19?,21-,22-,23+,24-,25-,26-,27+/m00/s1. The van der Waals surface area contributed by atoms with Gasteiger partial charge in [0.1, 0.15) is 0 Å². The zero-order valence-electron chi connectivity index (χ0n) is 42.0. The lowest BCUT2D eigenvalue weighted by atomic mass is 9.47. The van der Waals surface area contributed by atoms with Gasteiger partial charge in [-0.05, 0) is 195 Å². The van der Waals surface area contributed by atoms with Gasteiger partial charge >= 0.3 is 20.8 Å². The van der Waals surface area contributed by atoms with Crippen LogP contribution in [0.5, 0.6) is 0 Å². The molecule has 0 amide bonds. The molecule has 8 nitrogen and oxygen atoms in total. The summed E-state index contributed by atoms with van der Waals surface area (Å²) in [4.78, 5) is 0. The number of hydrogen-bond donors (Lipinski definition) is 2. The van der Waals surface area contributed by atoms with Crippen molar-refractivity contribution >= 4 is 20.8 Å². The summed E-state index contributed by atoms with van der Waals surface area (Å²) in [6.45, 7) is 24.5. The summed E-state index contributed by atoms with van der Waals surface area (Å²) in [5.41, 5.74) is 4.10. The first-order chi connectivity index (χ1) is 29.9. The molecule has 0 aromatic heterocycles. The first kappa shape index (κ1) is 51.1. The lowest BCUT2D eigenvalue weighted by molar-refractivity contribution is -0.0560. The minimum Gasteiger partial charge on any atom is -0.264 e. The van der Waals surface area contributed by atoms with Gasteiger partial charge in [0.15, 0.2) is 0 Å². The average molecular weight is 933 g/mol. The molecule has 2 unspecified atom stereocenters. The van der Waals surface area contributed by atoms with E-state index in [-0.39, 0.29) is 10.8 Å². The van der Waals surface area contributed by atoms with Crippen LogP contribution in [-0.4, -0.2) is 38.1 Å². The Morgan fingerprint density at radius 3 is 1.25 bits per heavy atom. The topological polar surface area (TPSA) is 127 Å². The minimum absolute atomic E-state index is 0.171. The Bertz CT molecular complexity index is 1770. The Morgan fingerprint density at radius 1 is 0.531 bits per heavy atom. The maximum absolute atomic E-state index is 11.2. The molecule has 0 aromatic carbocycles. The molecule has 6 fully saturated rings. The molecule has 0 spiro atoms. The molecule has 8 rings (SSSR count). The van der Waals surface area contributed by atoms with E-state index in [0.29, 0.717) is 48.3 Å². The summed E-state index contributed by atoms with van der Waals surface area (Å²) in [6, 6.07) is 0. The molecule has 0 aliphatic heterocycles. The summed E-state index contributed by atoms with van der Waals surface area (Å²) < 4.78 is 73.1. The van der Waals surface area contributed by atoms with Gasteiger partial charge in [-0.2, -0.15) is 16.8 Å². The highest BCUT2D eigenvalue weighted by Gasteiger charge is 2.61. The first-order valence-electron chi connectivity index (χ1n) is 26.6. The van der Waals surface area contributed by atoms with Crippen molar-refractivity contribution in [2.45, 2.75) is 223 Å². The van der Waals surface area contributed by atoms with E-state index < -0.39 is 33.0 Å². The monoisotopic (exact) mass is 933 g/mol. The van der Waals surface area contributed by atoms with E-state index in [4.69, 9.17) is 17.5 Å². The van der Waals surface area contributed by atoms with E-state index in [2.05, 4.69) is 81.4 Å². The van der Waals surface area contributed by atoms with Gasteiger partial charge in [-0.25, -0.2) is 8.37 Å². The Morgan fingerprint density at radius 2 is 0.906 bits per heavy atom.